The molecule has 0 aliphatic carbocycles. The van der Waals surface area contributed by atoms with Gasteiger partial charge in [0.05, 0.1) is 0 Å². The van der Waals surface area contributed by atoms with Crippen LogP contribution in [-0.2, 0) is 4.79 Å². The van der Waals surface area contributed by atoms with Gasteiger partial charge >= 0.3 is 0 Å². The van der Waals surface area contributed by atoms with Gasteiger partial charge in [-0.25, -0.2) is 0 Å². The summed E-state index contributed by atoms with van der Waals surface area (Å²) < 4.78 is 5.46. The highest BCUT2D eigenvalue weighted by Gasteiger charge is 2.15. The SMILES string of the molecule is CC(C)NC(=O)C(C)Oc1cccc(Cl)c1. The topological polar surface area (TPSA) is 38.3 Å². The molecule has 1 N–H and O–H groups in total. The third-order valence-electron chi connectivity index (χ3n) is 1.91. The molecule has 0 bridgehead atoms. The van der Waals surface area contributed by atoms with E-state index in [4.69, 9.17) is 16.3 Å². The molecule has 0 aromatic heterocycles. The van der Waals surface area contributed by atoms with Crippen LogP contribution in [0.4, 0.5) is 0 Å². The van der Waals surface area contributed by atoms with Gasteiger partial charge in [-0.1, -0.05) is 17.7 Å². The molecule has 0 heterocycles. The Kier molecular flexibility index (Phi) is 4.62. The molecule has 0 saturated heterocycles. The maximum Gasteiger partial charge on any atom is 0.260 e. The molecule has 1 aromatic rings. The molecule has 0 aliphatic rings. The Hall–Kier alpha value is -1.22. The Morgan fingerprint density at radius 3 is 2.62 bits per heavy atom. The second-order valence-electron chi connectivity index (χ2n) is 3.88. The van der Waals surface area contributed by atoms with Crippen LogP contribution in [0, 0.1) is 0 Å². The van der Waals surface area contributed by atoms with Crippen molar-refractivity contribution >= 4 is 17.5 Å². The molecule has 3 nitrogen and oxygen atoms in total. The van der Waals surface area contributed by atoms with E-state index in [2.05, 4.69) is 5.32 Å². The predicted octanol–water partition coefficient (Wildman–Crippen LogP) is 2.63. The van der Waals surface area contributed by atoms with Gasteiger partial charge in [0, 0.05) is 11.1 Å². The fourth-order valence-corrected chi connectivity index (χ4v) is 1.38. The zero-order chi connectivity index (χ0) is 12.1. The molecular formula is C12H16ClNO2. The van der Waals surface area contributed by atoms with Crippen LogP contribution in [0.1, 0.15) is 20.8 Å². The lowest BCUT2D eigenvalue weighted by Gasteiger charge is -2.16. The first-order valence-electron chi connectivity index (χ1n) is 5.21. The molecule has 0 radical (unpaired) electrons. The fourth-order valence-electron chi connectivity index (χ4n) is 1.20. The van der Waals surface area contributed by atoms with Gasteiger partial charge < -0.3 is 10.1 Å². The van der Waals surface area contributed by atoms with Crippen molar-refractivity contribution in [1.82, 2.24) is 5.32 Å². The molecule has 16 heavy (non-hydrogen) atoms. The molecule has 0 saturated carbocycles. The predicted molar refractivity (Wildman–Crippen MR) is 64.8 cm³/mol. The number of carbonyl (C=O) groups excluding carboxylic acids is 1. The Labute approximate surface area is 101 Å². The van der Waals surface area contributed by atoms with Crippen LogP contribution in [0.3, 0.4) is 0 Å². The summed E-state index contributed by atoms with van der Waals surface area (Å²) in [6, 6.07) is 7.10. The van der Waals surface area contributed by atoms with Crippen molar-refractivity contribution < 1.29 is 9.53 Å². The number of carbonyl (C=O) groups is 1. The van der Waals surface area contributed by atoms with Gasteiger partial charge in [-0.3, -0.25) is 4.79 Å². The third-order valence-corrected chi connectivity index (χ3v) is 2.14. The minimum Gasteiger partial charge on any atom is -0.481 e. The largest absolute Gasteiger partial charge is 0.481 e. The second kappa shape index (κ2) is 5.75. The van der Waals surface area contributed by atoms with Crippen molar-refractivity contribution in [1.29, 1.82) is 0 Å². The Bertz CT molecular complexity index is 366. The fraction of sp³-hybridized carbons (Fsp3) is 0.417. The van der Waals surface area contributed by atoms with E-state index in [1.165, 1.54) is 0 Å². The number of nitrogens with one attached hydrogen (secondary N) is 1. The van der Waals surface area contributed by atoms with Crippen LogP contribution < -0.4 is 10.1 Å². The highest BCUT2D eigenvalue weighted by atomic mass is 35.5. The zero-order valence-corrected chi connectivity index (χ0v) is 10.4. The Morgan fingerprint density at radius 2 is 2.06 bits per heavy atom. The standard InChI is InChI=1S/C12H16ClNO2/c1-8(2)14-12(15)9(3)16-11-6-4-5-10(13)7-11/h4-9H,1-3H3,(H,14,15). The molecule has 1 amide bonds. The zero-order valence-electron chi connectivity index (χ0n) is 9.66. The van der Waals surface area contributed by atoms with Gasteiger partial charge in [-0.2, -0.15) is 0 Å². The number of hydrogen-bond donors (Lipinski definition) is 1. The van der Waals surface area contributed by atoms with E-state index in [0.29, 0.717) is 10.8 Å². The Morgan fingerprint density at radius 1 is 1.38 bits per heavy atom. The van der Waals surface area contributed by atoms with Crippen molar-refractivity contribution in [3.05, 3.63) is 29.3 Å². The van der Waals surface area contributed by atoms with Crippen LogP contribution >= 0.6 is 11.6 Å². The molecular weight excluding hydrogens is 226 g/mol. The van der Waals surface area contributed by atoms with E-state index < -0.39 is 6.10 Å². The van der Waals surface area contributed by atoms with Crippen molar-refractivity contribution in [2.24, 2.45) is 0 Å². The highest BCUT2D eigenvalue weighted by Crippen LogP contribution is 2.18. The van der Waals surface area contributed by atoms with E-state index in [1.54, 1.807) is 31.2 Å². The van der Waals surface area contributed by atoms with E-state index in [1.807, 2.05) is 13.8 Å². The van der Waals surface area contributed by atoms with Crippen LogP contribution in [0.5, 0.6) is 5.75 Å². The minimum absolute atomic E-state index is 0.109. The molecule has 1 rings (SSSR count). The second-order valence-corrected chi connectivity index (χ2v) is 4.32. The number of hydrogen-bond acceptors (Lipinski definition) is 2. The van der Waals surface area contributed by atoms with Crippen molar-refractivity contribution in [2.45, 2.75) is 32.9 Å². The summed E-state index contributed by atoms with van der Waals surface area (Å²) >= 11 is 5.81. The summed E-state index contributed by atoms with van der Waals surface area (Å²) in [6.07, 6.45) is -0.527. The van der Waals surface area contributed by atoms with Gasteiger partial charge in [0.15, 0.2) is 6.10 Å². The number of halogens is 1. The first kappa shape index (κ1) is 12.8. The number of benzene rings is 1. The van der Waals surface area contributed by atoms with E-state index in [-0.39, 0.29) is 11.9 Å². The van der Waals surface area contributed by atoms with Crippen LogP contribution in [-0.4, -0.2) is 18.1 Å². The number of rotatable bonds is 4. The summed E-state index contributed by atoms with van der Waals surface area (Å²) in [5.41, 5.74) is 0. The maximum atomic E-state index is 11.6. The van der Waals surface area contributed by atoms with Crippen molar-refractivity contribution in [2.75, 3.05) is 0 Å². The molecule has 88 valence electrons. The number of ether oxygens (including phenoxy) is 1. The molecule has 0 aliphatic heterocycles. The smallest absolute Gasteiger partial charge is 0.260 e. The molecule has 1 unspecified atom stereocenters. The summed E-state index contributed by atoms with van der Waals surface area (Å²) in [5.74, 6) is 0.467. The lowest BCUT2D eigenvalue weighted by molar-refractivity contribution is -0.127. The summed E-state index contributed by atoms with van der Waals surface area (Å²) in [4.78, 5) is 11.6. The van der Waals surface area contributed by atoms with Crippen LogP contribution in [0.15, 0.2) is 24.3 Å². The Balaban J connectivity index is 2.57. The van der Waals surface area contributed by atoms with Gasteiger partial charge in [-0.05, 0) is 39.0 Å². The first-order valence-corrected chi connectivity index (χ1v) is 5.59. The van der Waals surface area contributed by atoms with Gasteiger partial charge in [0.2, 0.25) is 0 Å². The lowest BCUT2D eigenvalue weighted by atomic mass is 10.3. The third kappa shape index (κ3) is 4.11. The van der Waals surface area contributed by atoms with E-state index in [9.17, 15) is 4.79 Å². The molecule has 0 spiro atoms. The van der Waals surface area contributed by atoms with Gasteiger partial charge in [-0.15, -0.1) is 0 Å². The van der Waals surface area contributed by atoms with Crippen molar-refractivity contribution in [3.63, 3.8) is 0 Å². The first-order chi connectivity index (χ1) is 7.49. The van der Waals surface area contributed by atoms with Crippen LogP contribution in [0.25, 0.3) is 0 Å². The monoisotopic (exact) mass is 241 g/mol. The summed E-state index contributed by atoms with van der Waals surface area (Å²) in [5, 5.41) is 3.37. The summed E-state index contributed by atoms with van der Waals surface area (Å²) in [7, 11) is 0. The molecule has 4 heteroatoms. The summed E-state index contributed by atoms with van der Waals surface area (Å²) in [6.45, 7) is 5.52. The van der Waals surface area contributed by atoms with Gasteiger partial charge in [0.25, 0.3) is 5.91 Å². The van der Waals surface area contributed by atoms with Gasteiger partial charge in [0.1, 0.15) is 5.75 Å². The minimum atomic E-state index is -0.527. The average molecular weight is 242 g/mol. The van der Waals surface area contributed by atoms with Crippen LogP contribution in [0.2, 0.25) is 5.02 Å². The molecule has 1 aromatic carbocycles. The maximum absolute atomic E-state index is 11.6. The highest BCUT2D eigenvalue weighted by molar-refractivity contribution is 6.30. The molecule has 0 fully saturated rings. The lowest BCUT2D eigenvalue weighted by Crippen LogP contribution is -2.40. The van der Waals surface area contributed by atoms with E-state index in [0.717, 1.165) is 0 Å². The van der Waals surface area contributed by atoms with Crippen molar-refractivity contribution in [3.8, 4) is 5.75 Å². The van der Waals surface area contributed by atoms with E-state index >= 15 is 0 Å². The quantitative estimate of drug-likeness (QED) is 0.880. The normalized spacial score (nSPS) is 12.3. The molecule has 1 atom stereocenters. The number of amides is 1. The average Bonchev–Trinajstić information content (AvgIpc) is 2.16.